The van der Waals surface area contributed by atoms with Gasteiger partial charge in [0.25, 0.3) is 0 Å². The van der Waals surface area contributed by atoms with E-state index in [0.717, 1.165) is 5.69 Å². The van der Waals surface area contributed by atoms with Crippen molar-refractivity contribution in [1.29, 1.82) is 0 Å². The van der Waals surface area contributed by atoms with Crippen LogP contribution in [-0.4, -0.2) is 50.1 Å². The van der Waals surface area contributed by atoms with Gasteiger partial charge in [-0.2, -0.15) is 5.10 Å². The summed E-state index contributed by atoms with van der Waals surface area (Å²) in [7, 11) is 0. The van der Waals surface area contributed by atoms with Gasteiger partial charge < -0.3 is 10.1 Å². The zero-order chi connectivity index (χ0) is 32.6. The second kappa shape index (κ2) is 12.6. The SMILES string of the molecule is Cc1cc(Nc2cc(C=O)c(F)c(C[C@@]3(C(=O)OC(C)(C)C)CCN(Cc4cccc(Cl)c4F)[C@H](C)C3)n2)n(C(C)(C)C)n1. The molecule has 1 saturated heterocycles. The zero-order valence-electron chi connectivity index (χ0n) is 26.7. The Bertz CT molecular complexity index is 1550. The van der Waals surface area contributed by atoms with Gasteiger partial charge in [0.1, 0.15) is 23.1 Å². The van der Waals surface area contributed by atoms with Gasteiger partial charge in [-0.25, -0.2) is 18.4 Å². The number of ether oxygens (including phenoxy) is 1. The Morgan fingerprint density at radius 1 is 1.18 bits per heavy atom. The van der Waals surface area contributed by atoms with Crippen molar-refractivity contribution in [3.63, 3.8) is 0 Å². The van der Waals surface area contributed by atoms with Gasteiger partial charge in [0.15, 0.2) is 12.1 Å². The van der Waals surface area contributed by atoms with E-state index in [1.807, 2.05) is 40.7 Å². The Balaban J connectivity index is 1.69. The first kappa shape index (κ1) is 33.5. The molecule has 1 aliphatic rings. The number of anilines is 2. The fourth-order valence-corrected chi connectivity index (χ4v) is 5.92. The number of rotatable bonds is 8. The van der Waals surface area contributed by atoms with Crippen molar-refractivity contribution in [3.8, 4) is 0 Å². The predicted molar refractivity (Wildman–Crippen MR) is 167 cm³/mol. The summed E-state index contributed by atoms with van der Waals surface area (Å²) >= 11 is 6.01. The van der Waals surface area contributed by atoms with Crippen molar-refractivity contribution >= 4 is 35.5 Å². The molecule has 0 bridgehead atoms. The second-order valence-electron chi connectivity index (χ2n) is 13.8. The van der Waals surface area contributed by atoms with Crippen molar-refractivity contribution in [2.24, 2.45) is 5.41 Å². The molecule has 3 aromatic rings. The van der Waals surface area contributed by atoms with Gasteiger partial charge >= 0.3 is 5.97 Å². The van der Waals surface area contributed by atoms with Crippen LogP contribution in [-0.2, 0) is 28.0 Å². The number of likely N-dealkylation sites (tertiary alicyclic amines) is 1. The molecule has 1 fully saturated rings. The minimum absolute atomic E-state index is 0.0111. The standard InChI is InChI=1S/C33H42ClF2N5O3/c1-20-14-27(41(39-20)31(3,4)5)38-26-15-23(19-42)29(36)25(37-26)17-33(30(43)44-32(6,7)8)12-13-40(21(2)16-33)18-22-10-9-11-24(34)28(22)35/h9-11,14-15,19,21H,12-13,16-18H2,1-8H3,(H,37,38)/t21-,33-/m1/s1. The van der Waals surface area contributed by atoms with Gasteiger partial charge in [0.05, 0.1) is 32.9 Å². The van der Waals surface area contributed by atoms with E-state index in [0.29, 0.717) is 43.6 Å². The Hall–Kier alpha value is -3.37. The lowest BCUT2D eigenvalue weighted by molar-refractivity contribution is -0.172. The van der Waals surface area contributed by atoms with Crippen LogP contribution >= 0.6 is 11.6 Å². The van der Waals surface area contributed by atoms with Gasteiger partial charge in [-0.15, -0.1) is 0 Å². The summed E-state index contributed by atoms with van der Waals surface area (Å²) in [6, 6.07) is 7.91. The Kier molecular flexibility index (Phi) is 9.57. The molecular weight excluding hydrogens is 588 g/mol. The molecule has 1 aliphatic heterocycles. The van der Waals surface area contributed by atoms with Gasteiger partial charge in [-0.3, -0.25) is 14.5 Å². The Labute approximate surface area is 263 Å². The highest BCUT2D eigenvalue weighted by atomic mass is 35.5. The van der Waals surface area contributed by atoms with Crippen LogP contribution in [0.3, 0.4) is 0 Å². The average Bonchev–Trinajstić information content (AvgIpc) is 3.29. The molecule has 8 nitrogen and oxygen atoms in total. The molecule has 0 radical (unpaired) electrons. The third-order valence-corrected chi connectivity index (χ3v) is 8.13. The van der Waals surface area contributed by atoms with E-state index < -0.39 is 28.6 Å². The van der Waals surface area contributed by atoms with Crippen LogP contribution in [0.1, 0.15) is 88.6 Å². The molecule has 44 heavy (non-hydrogen) atoms. The number of pyridine rings is 1. The number of hydrogen-bond donors (Lipinski definition) is 1. The average molecular weight is 630 g/mol. The van der Waals surface area contributed by atoms with E-state index in [1.165, 1.54) is 12.1 Å². The lowest BCUT2D eigenvalue weighted by Gasteiger charge is -2.45. The number of esters is 1. The van der Waals surface area contributed by atoms with Crippen LogP contribution in [0, 0.1) is 24.0 Å². The van der Waals surface area contributed by atoms with E-state index in [-0.39, 0.29) is 40.1 Å². The number of benzene rings is 1. The molecule has 2 atom stereocenters. The minimum Gasteiger partial charge on any atom is -0.460 e. The molecule has 1 N–H and O–H groups in total. The summed E-state index contributed by atoms with van der Waals surface area (Å²) in [6.07, 6.45) is 1.00. The maximum atomic E-state index is 15.8. The summed E-state index contributed by atoms with van der Waals surface area (Å²) in [5, 5.41) is 7.82. The van der Waals surface area contributed by atoms with Crippen LogP contribution in [0.15, 0.2) is 30.3 Å². The topological polar surface area (TPSA) is 89.4 Å². The fraction of sp³-hybridized carbons (Fsp3) is 0.515. The second-order valence-corrected chi connectivity index (χ2v) is 14.2. The molecule has 0 amide bonds. The highest BCUT2D eigenvalue weighted by Gasteiger charge is 2.47. The third kappa shape index (κ3) is 7.46. The van der Waals surface area contributed by atoms with Gasteiger partial charge in [-0.1, -0.05) is 23.7 Å². The van der Waals surface area contributed by atoms with Crippen LogP contribution < -0.4 is 5.32 Å². The molecule has 3 heterocycles. The summed E-state index contributed by atoms with van der Waals surface area (Å²) in [6.45, 7) is 15.9. The molecule has 0 spiro atoms. The number of hydrogen-bond acceptors (Lipinski definition) is 7. The normalized spacial score (nSPS) is 19.6. The number of aromatic nitrogens is 3. The molecule has 11 heteroatoms. The summed E-state index contributed by atoms with van der Waals surface area (Å²) < 4.78 is 38.2. The Morgan fingerprint density at radius 2 is 1.89 bits per heavy atom. The molecule has 0 saturated carbocycles. The maximum absolute atomic E-state index is 15.8. The lowest BCUT2D eigenvalue weighted by Crippen LogP contribution is -2.51. The first-order chi connectivity index (χ1) is 20.4. The number of halogens is 3. The van der Waals surface area contributed by atoms with Crippen LogP contribution in [0.5, 0.6) is 0 Å². The summed E-state index contributed by atoms with van der Waals surface area (Å²) in [5.74, 6) is -0.807. The first-order valence-corrected chi connectivity index (χ1v) is 15.2. The van der Waals surface area contributed by atoms with Crippen molar-refractivity contribution < 1.29 is 23.1 Å². The number of carbonyl (C=O) groups is 2. The number of nitrogens with zero attached hydrogens (tertiary/aromatic N) is 4. The van der Waals surface area contributed by atoms with Gasteiger partial charge in [0, 0.05) is 30.6 Å². The molecule has 0 unspecified atom stereocenters. The number of aryl methyl sites for hydroxylation is 1. The molecule has 238 valence electrons. The van der Waals surface area contributed by atoms with Crippen molar-refractivity contribution in [2.75, 3.05) is 11.9 Å². The van der Waals surface area contributed by atoms with Crippen LogP contribution in [0.4, 0.5) is 20.4 Å². The van der Waals surface area contributed by atoms with Crippen molar-refractivity contribution in [2.45, 2.75) is 98.4 Å². The monoisotopic (exact) mass is 629 g/mol. The van der Waals surface area contributed by atoms with E-state index in [4.69, 9.17) is 16.3 Å². The predicted octanol–water partition coefficient (Wildman–Crippen LogP) is 7.38. The minimum atomic E-state index is -1.13. The smallest absolute Gasteiger partial charge is 0.313 e. The summed E-state index contributed by atoms with van der Waals surface area (Å²) in [5.41, 5.74) is -1.21. The number of aldehydes is 1. The van der Waals surface area contributed by atoms with Crippen LogP contribution in [0.2, 0.25) is 5.02 Å². The zero-order valence-corrected chi connectivity index (χ0v) is 27.5. The molecule has 4 rings (SSSR count). The third-order valence-electron chi connectivity index (χ3n) is 7.83. The van der Waals surface area contributed by atoms with E-state index >= 15 is 4.39 Å². The van der Waals surface area contributed by atoms with Crippen LogP contribution in [0.25, 0.3) is 0 Å². The van der Waals surface area contributed by atoms with Crippen molar-refractivity contribution in [1.82, 2.24) is 19.7 Å². The molecule has 2 aromatic heterocycles. The largest absolute Gasteiger partial charge is 0.460 e. The summed E-state index contributed by atoms with van der Waals surface area (Å²) in [4.78, 5) is 32.5. The van der Waals surface area contributed by atoms with E-state index in [1.54, 1.807) is 37.6 Å². The maximum Gasteiger partial charge on any atom is 0.313 e. The van der Waals surface area contributed by atoms with E-state index in [9.17, 15) is 14.0 Å². The number of nitrogens with one attached hydrogen (secondary N) is 1. The number of carbonyl (C=O) groups excluding carboxylic acids is 2. The lowest BCUT2D eigenvalue weighted by atomic mass is 9.71. The Morgan fingerprint density at radius 3 is 2.50 bits per heavy atom. The fourth-order valence-electron chi connectivity index (χ4n) is 5.73. The highest BCUT2D eigenvalue weighted by Crippen LogP contribution is 2.42. The number of piperidine rings is 1. The van der Waals surface area contributed by atoms with Gasteiger partial charge in [-0.05, 0) is 86.9 Å². The van der Waals surface area contributed by atoms with Crippen molar-refractivity contribution in [3.05, 3.63) is 69.5 Å². The molecule has 0 aliphatic carbocycles. The quantitative estimate of drug-likeness (QED) is 0.205. The first-order valence-electron chi connectivity index (χ1n) is 14.8. The molecular formula is C33H42ClF2N5O3. The van der Waals surface area contributed by atoms with Gasteiger partial charge in [0.2, 0.25) is 0 Å². The highest BCUT2D eigenvalue weighted by molar-refractivity contribution is 6.30. The molecule has 1 aromatic carbocycles. The van der Waals surface area contributed by atoms with E-state index in [2.05, 4.69) is 20.3 Å².